The van der Waals surface area contributed by atoms with Gasteiger partial charge >= 0.3 is 0 Å². The van der Waals surface area contributed by atoms with E-state index in [-0.39, 0.29) is 5.41 Å². The number of allylic oxidation sites excluding steroid dienone is 1. The largest absolute Gasteiger partial charge is 0.303 e. The number of halogens is 1. The summed E-state index contributed by atoms with van der Waals surface area (Å²) < 4.78 is 3.38. The number of fused-ring (bicyclic) bond motifs is 6. The molecule has 0 bridgehead atoms. The van der Waals surface area contributed by atoms with E-state index in [1.54, 1.807) is 0 Å². The molecule has 2 aromatic heterocycles. The average Bonchev–Trinajstić information content (AvgIpc) is 3.12. The highest BCUT2D eigenvalue weighted by atomic mass is 79.9. The monoisotopic (exact) mass is 388 g/mol. The van der Waals surface area contributed by atoms with Gasteiger partial charge in [-0.15, -0.1) is 0 Å². The van der Waals surface area contributed by atoms with Crippen molar-refractivity contribution in [3.8, 4) is 0 Å². The highest BCUT2D eigenvalue weighted by Gasteiger charge is 2.30. The van der Waals surface area contributed by atoms with Gasteiger partial charge in [-0.3, -0.25) is 0 Å². The predicted molar refractivity (Wildman–Crippen MR) is 107 cm³/mol. The third-order valence-corrected chi connectivity index (χ3v) is 5.83. The fourth-order valence-corrected chi connectivity index (χ4v) is 4.40. The van der Waals surface area contributed by atoms with Crippen LogP contribution in [-0.2, 0) is 11.8 Å². The van der Waals surface area contributed by atoms with Gasteiger partial charge in [0.2, 0.25) is 0 Å². The maximum atomic E-state index is 4.62. The minimum atomic E-state index is -0.0313. The minimum absolute atomic E-state index is 0.0313. The Kier molecular flexibility index (Phi) is 3.16. The molecule has 5 rings (SSSR count). The second-order valence-electron chi connectivity index (χ2n) is 6.96. The quantitative estimate of drug-likeness (QED) is 0.404. The van der Waals surface area contributed by atoms with Gasteiger partial charge in [0, 0.05) is 45.3 Å². The molecule has 2 heterocycles. The second-order valence-corrected chi connectivity index (χ2v) is 7.88. The van der Waals surface area contributed by atoms with E-state index in [1.165, 1.54) is 27.6 Å². The number of hydrogen-bond donors (Lipinski definition) is 0. The zero-order chi connectivity index (χ0) is 17.0. The lowest BCUT2D eigenvalue weighted by Gasteiger charge is -2.32. The van der Waals surface area contributed by atoms with Crippen LogP contribution in [0.1, 0.15) is 23.7 Å². The smallest absolute Gasteiger partial charge is 0.144 e. The fourth-order valence-electron chi connectivity index (χ4n) is 4.00. The van der Waals surface area contributed by atoms with E-state index in [1.807, 2.05) is 6.20 Å². The third kappa shape index (κ3) is 2.19. The summed E-state index contributed by atoms with van der Waals surface area (Å²) in [5.74, 6) is 0. The average molecular weight is 389 g/mol. The molecule has 0 N–H and O–H groups in total. The normalized spacial score (nSPS) is 19.4. The summed E-state index contributed by atoms with van der Waals surface area (Å²) in [6, 6.07) is 17.2. The number of pyridine rings is 1. The third-order valence-electron chi connectivity index (χ3n) is 5.34. The molecule has 1 unspecified atom stereocenters. The highest BCUT2D eigenvalue weighted by molar-refractivity contribution is 9.10. The molecule has 0 spiro atoms. The molecule has 0 saturated heterocycles. The van der Waals surface area contributed by atoms with Crippen molar-refractivity contribution >= 4 is 38.4 Å². The molecule has 0 amide bonds. The number of aromatic nitrogens is 2. The molecular weight excluding hydrogens is 372 g/mol. The summed E-state index contributed by atoms with van der Waals surface area (Å²) in [5, 5.41) is 2.49. The SMILES string of the molecule is CC1(c2cccc(Br)c2)C=Cc2c(n3ccnc3c3ccccc23)C1. The summed E-state index contributed by atoms with van der Waals surface area (Å²) in [4.78, 5) is 4.62. The summed E-state index contributed by atoms with van der Waals surface area (Å²) in [5.41, 5.74) is 4.98. The number of nitrogens with zero attached hydrogens (tertiary/aromatic N) is 2. The second kappa shape index (κ2) is 5.30. The van der Waals surface area contributed by atoms with E-state index in [0.29, 0.717) is 0 Å². The Morgan fingerprint density at radius 3 is 2.76 bits per heavy atom. The topological polar surface area (TPSA) is 17.3 Å². The first-order valence-electron chi connectivity index (χ1n) is 8.48. The van der Waals surface area contributed by atoms with Crippen LogP contribution in [0.3, 0.4) is 0 Å². The highest BCUT2D eigenvalue weighted by Crippen LogP contribution is 2.39. The summed E-state index contributed by atoms with van der Waals surface area (Å²) in [6.07, 6.45) is 9.58. The molecule has 1 aliphatic carbocycles. The van der Waals surface area contributed by atoms with Crippen molar-refractivity contribution in [1.82, 2.24) is 9.38 Å². The van der Waals surface area contributed by atoms with Crippen LogP contribution in [0.5, 0.6) is 0 Å². The summed E-state index contributed by atoms with van der Waals surface area (Å²) in [7, 11) is 0. The van der Waals surface area contributed by atoms with Gasteiger partial charge in [-0.05, 0) is 23.1 Å². The van der Waals surface area contributed by atoms with Gasteiger partial charge in [-0.25, -0.2) is 4.98 Å². The molecule has 3 heteroatoms. The molecule has 0 saturated carbocycles. The summed E-state index contributed by atoms with van der Waals surface area (Å²) >= 11 is 3.61. The van der Waals surface area contributed by atoms with Gasteiger partial charge in [0.25, 0.3) is 0 Å². The number of rotatable bonds is 1. The van der Waals surface area contributed by atoms with Gasteiger partial charge in [0.05, 0.1) is 0 Å². The van der Waals surface area contributed by atoms with Gasteiger partial charge in [0.15, 0.2) is 0 Å². The Bertz CT molecular complexity index is 1160. The molecule has 1 aliphatic rings. The van der Waals surface area contributed by atoms with Gasteiger partial charge in [-0.1, -0.05) is 71.4 Å². The van der Waals surface area contributed by atoms with Crippen LogP contribution in [0.15, 0.2) is 71.5 Å². The van der Waals surface area contributed by atoms with Gasteiger partial charge in [0.1, 0.15) is 5.65 Å². The lowest BCUT2D eigenvalue weighted by atomic mass is 9.74. The molecule has 25 heavy (non-hydrogen) atoms. The maximum Gasteiger partial charge on any atom is 0.144 e. The molecule has 1 atom stereocenters. The first-order chi connectivity index (χ1) is 12.2. The lowest BCUT2D eigenvalue weighted by Crippen LogP contribution is -2.26. The molecule has 0 fully saturated rings. The molecule has 2 aromatic carbocycles. The van der Waals surface area contributed by atoms with Crippen molar-refractivity contribution in [2.75, 3.05) is 0 Å². The Hall–Kier alpha value is -2.39. The predicted octanol–water partition coefficient (Wildman–Crippen LogP) is 5.78. The number of imidazole rings is 1. The molecule has 0 radical (unpaired) electrons. The van der Waals surface area contributed by atoms with Crippen LogP contribution in [0.25, 0.3) is 22.5 Å². The van der Waals surface area contributed by atoms with Crippen molar-refractivity contribution in [2.24, 2.45) is 0 Å². The molecule has 0 aliphatic heterocycles. The van der Waals surface area contributed by atoms with E-state index in [4.69, 9.17) is 0 Å². The van der Waals surface area contributed by atoms with Crippen molar-refractivity contribution in [3.05, 3.63) is 88.3 Å². The van der Waals surface area contributed by atoms with E-state index < -0.39 is 0 Å². The van der Waals surface area contributed by atoms with Crippen molar-refractivity contribution in [1.29, 1.82) is 0 Å². The van der Waals surface area contributed by atoms with Gasteiger partial charge < -0.3 is 4.40 Å². The molecule has 4 aromatic rings. The van der Waals surface area contributed by atoms with E-state index in [9.17, 15) is 0 Å². The van der Waals surface area contributed by atoms with Crippen LogP contribution in [0.2, 0.25) is 0 Å². The minimum Gasteiger partial charge on any atom is -0.303 e. The molecule has 2 nitrogen and oxygen atoms in total. The zero-order valence-electron chi connectivity index (χ0n) is 13.9. The lowest BCUT2D eigenvalue weighted by molar-refractivity contribution is 0.573. The maximum absolute atomic E-state index is 4.62. The molecular formula is C22H17BrN2. The van der Waals surface area contributed by atoms with Crippen molar-refractivity contribution < 1.29 is 0 Å². The van der Waals surface area contributed by atoms with Crippen LogP contribution < -0.4 is 0 Å². The van der Waals surface area contributed by atoms with Crippen molar-refractivity contribution in [3.63, 3.8) is 0 Å². The van der Waals surface area contributed by atoms with Crippen LogP contribution >= 0.6 is 15.9 Å². The standard InChI is InChI=1S/C22H17BrN2/c1-22(15-5-4-6-16(23)13-15)10-9-18-17-7-2-3-8-19(17)21-24-11-12-25(21)20(18)14-22/h2-13H,14H2,1H3. The summed E-state index contributed by atoms with van der Waals surface area (Å²) in [6.45, 7) is 2.31. The number of benzene rings is 2. The molecule has 122 valence electrons. The Morgan fingerprint density at radius 2 is 1.92 bits per heavy atom. The van der Waals surface area contributed by atoms with Crippen LogP contribution in [0, 0.1) is 0 Å². The Morgan fingerprint density at radius 1 is 1.08 bits per heavy atom. The first-order valence-corrected chi connectivity index (χ1v) is 9.27. The van der Waals surface area contributed by atoms with Gasteiger partial charge in [-0.2, -0.15) is 0 Å². The Labute approximate surface area is 155 Å². The van der Waals surface area contributed by atoms with E-state index in [2.05, 4.69) is 99.1 Å². The first kappa shape index (κ1) is 14.9. The number of hydrogen-bond acceptors (Lipinski definition) is 1. The van der Waals surface area contributed by atoms with Crippen LogP contribution in [-0.4, -0.2) is 9.38 Å². The van der Waals surface area contributed by atoms with E-state index >= 15 is 0 Å². The van der Waals surface area contributed by atoms with Crippen LogP contribution in [0.4, 0.5) is 0 Å². The zero-order valence-corrected chi connectivity index (χ0v) is 15.5. The Balaban J connectivity index is 1.79. The van der Waals surface area contributed by atoms with E-state index in [0.717, 1.165) is 16.5 Å². The fraction of sp³-hybridized carbons (Fsp3) is 0.136. The van der Waals surface area contributed by atoms with Crippen molar-refractivity contribution in [2.45, 2.75) is 18.8 Å².